The number of sulfonamides is 1. The summed E-state index contributed by atoms with van der Waals surface area (Å²) < 4.78 is 32.5. The second kappa shape index (κ2) is 5.05. The molecule has 0 aliphatic carbocycles. The summed E-state index contributed by atoms with van der Waals surface area (Å²) in [6, 6.07) is 12.6. The third kappa shape index (κ3) is 2.59. The molecule has 2 N–H and O–H groups in total. The molecule has 0 radical (unpaired) electrons. The van der Waals surface area contributed by atoms with Crippen LogP contribution in [0, 0.1) is 6.92 Å². The Morgan fingerprint density at radius 3 is 2.48 bits per heavy atom. The van der Waals surface area contributed by atoms with Gasteiger partial charge in [0.05, 0.1) is 12.8 Å². The molecule has 2 aromatic rings. The number of ether oxygens (including phenoxy) is 1. The molecule has 1 unspecified atom stereocenters. The SMILES string of the molecule is COc1ccc(C2Nc3ccc(C)cc3S(=O)(=O)N2)cc1. The third-order valence-corrected chi connectivity index (χ3v) is 4.91. The minimum absolute atomic E-state index is 0.285. The van der Waals surface area contributed by atoms with Crippen molar-refractivity contribution in [1.82, 2.24) is 4.72 Å². The first-order valence-electron chi connectivity index (χ1n) is 6.53. The number of fused-ring (bicyclic) bond motifs is 1. The van der Waals surface area contributed by atoms with Gasteiger partial charge in [-0.1, -0.05) is 18.2 Å². The molecule has 0 saturated heterocycles. The van der Waals surface area contributed by atoms with Crippen molar-refractivity contribution in [3.63, 3.8) is 0 Å². The van der Waals surface area contributed by atoms with E-state index in [0.717, 1.165) is 16.9 Å². The lowest BCUT2D eigenvalue weighted by molar-refractivity contribution is 0.414. The molecule has 110 valence electrons. The van der Waals surface area contributed by atoms with E-state index in [4.69, 9.17) is 4.74 Å². The number of anilines is 1. The fourth-order valence-electron chi connectivity index (χ4n) is 2.32. The summed E-state index contributed by atoms with van der Waals surface area (Å²) in [5.41, 5.74) is 2.34. The largest absolute Gasteiger partial charge is 0.497 e. The van der Waals surface area contributed by atoms with Crippen molar-refractivity contribution >= 4 is 15.7 Å². The van der Waals surface area contributed by atoms with Crippen LogP contribution in [0.4, 0.5) is 5.69 Å². The molecule has 0 aromatic heterocycles. The fraction of sp³-hybridized carbons (Fsp3) is 0.200. The second-order valence-corrected chi connectivity index (χ2v) is 6.65. The summed E-state index contributed by atoms with van der Waals surface area (Å²) in [4.78, 5) is 0.285. The third-order valence-electron chi connectivity index (χ3n) is 3.45. The lowest BCUT2D eigenvalue weighted by Gasteiger charge is -2.28. The molecule has 0 saturated carbocycles. The quantitative estimate of drug-likeness (QED) is 0.894. The minimum Gasteiger partial charge on any atom is -0.497 e. The van der Waals surface area contributed by atoms with E-state index in [9.17, 15) is 8.42 Å². The lowest BCUT2D eigenvalue weighted by Crippen LogP contribution is -2.38. The first kappa shape index (κ1) is 13.9. The Morgan fingerprint density at radius 2 is 1.81 bits per heavy atom. The van der Waals surface area contributed by atoms with Gasteiger partial charge in [0.15, 0.2) is 0 Å². The van der Waals surface area contributed by atoms with Gasteiger partial charge < -0.3 is 10.1 Å². The molecule has 1 aliphatic rings. The molecule has 0 bridgehead atoms. The van der Waals surface area contributed by atoms with Gasteiger partial charge in [0.1, 0.15) is 16.8 Å². The van der Waals surface area contributed by atoms with Gasteiger partial charge in [0.2, 0.25) is 10.0 Å². The molecule has 3 rings (SSSR count). The molecular weight excluding hydrogens is 288 g/mol. The summed E-state index contributed by atoms with van der Waals surface area (Å²) in [6.07, 6.45) is -0.490. The number of nitrogens with one attached hydrogen (secondary N) is 2. The number of methoxy groups -OCH3 is 1. The molecule has 0 spiro atoms. The zero-order valence-corrected chi connectivity index (χ0v) is 12.6. The smallest absolute Gasteiger partial charge is 0.244 e. The Hall–Kier alpha value is -2.05. The van der Waals surface area contributed by atoms with Crippen LogP contribution in [0.1, 0.15) is 17.3 Å². The van der Waals surface area contributed by atoms with Crippen molar-refractivity contribution in [2.24, 2.45) is 0 Å². The zero-order valence-electron chi connectivity index (χ0n) is 11.8. The van der Waals surface area contributed by atoms with E-state index in [2.05, 4.69) is 10.0 Å². The maximum Gasteiger partial charge on any atom is 0.244 e. The van der Waals surface area contributed by atoms with E-state index in [1.165, 1.54) is 0 Å². The van der Waals surface area contributed by atoms with Crippen LogP contribution in [0.5, 0.6) is 5.75 Å². The predicted molar refractivity (Wildman–Crippen MR) is 80.9 cm³/mol. The summed E-state index contributed by atoms with van der Waals surface area (Å²) in [6.45, 7) is 1.87. The summed E-state index contributed by atoms with van der Waals surface area (Å²) >= 11 is 0. The van der Waals surface area contributed by atoms with Gasteiger partial charge in [0.25, 0.3) is 0 Å². The predicted octanol–water partition coefficient (Wildman–Crippen LogP) is 2.41. The normalized spacial score (nSPS) is 19.4. The average molecular weight is 304 g/mol. The van der Waals surface area contributed by atoms with Gasteiger partial charge >= 0.3 is 0 Å². The van der Waals surface area contributed by atoms with E-state index in [1.54, 1.807) is 31.4 Å². The van der Waals surface area contributed by atoms with Crippen LogP contribution in [0.15, 0.2) is 47.4 Å². The van der Waals surface area contributed by atoms with E-state index < -0.39 is 16.2 Å². The van der Waals surface area contributed by atoms with E-state index in [1.807, 2.05) is 25.1 Å². The molecule has 1 heterocycles. The standard InChI is InChI=1S/C15H16N2O3S/c1-10-3-8-13-14(9-10)21(18,19)17-15(16-13)11-4-6-12(20-2)7-5-11/h3-9,15-17H,1-2H3. The molecule has 1 atom stereocenters. The van der Waals surface area contributed by atoms with Gasteiger partial charge in [-0.3, -0.25) is 0 Å². The Kier molecular flexibility index (Phi) is 3.35. The fourth-order valence-corrected chi connectivity index (χ4v) is 3.71. The van der Waals surface area contributed by atoms with E-state index >= 15 is 0 Å². The summed E-state index contributed by atoms with van der Waals surface area (Å²) in [5.74, 6) is 0.730. The van der Waals surface area contributed by atoms with Crippen LogP contribution >= 0.6 is 0 Å². The van der Waals surface area contributed by atoms with Gasteiger partial charge in [-0.25, -0.2) is 8.42 Å². The number of aryl methyl sites for hydroxylation is 1. The Labute approximate surface area is 124 Å². The Morgan fingerprint density at radius 1 is 1.10 bits per heavy atom. The Balaban J connectivity index is 1.99. The molecule has 1 aliphatic heterocycles. The van der Waals surface area contributed by atoms with Crippen LogP contribution < -0.4 is 14.8 Å². The molecule has 5 nitrogen and oxygen atoms in total. The minimum atomic E-state index is -3.52. The van der Waals surface area contributed by atoms with Gasteiger partial charge in [-0.15, -0.1) is 0 Å². The van der Waals surface area contributed by atoms with Gasteiger partial charge in [-0.05, 0) is 42.3 Å². The molecule has 6 heteroatoms. The van der Waals surface area contributed by atoms with Crippen molar-refractivity contribution < 1.29 is 13.2 Å². The summed E-state index contributed by atoms with van der Waals surface area (Å²) in [7, 11) is -1.93. The maximum atomic E-state index is 12.4. The van der Waals surface area contributed by atoms with Gasteiger partial charge in [0, 0.05) is 0 Å². The first-order valence-corrected chi connectivity index (χ1v) is 8.01. The Bertz CT molecular complexity index is 770. The van der Waals surface area contributed by atoms with Crippen LogP contribution in [-0.4, -0.2) is 15.5 Å². The summed E-state index contributed by atoms with van der Waals surface area (Å²) in [5, 5.41) is 3.20. The van der Waals surface area contributed by atoms with Crippen LogP contribution in [0.3, 0.4) is 0 Å². The van der Waals surface area contributed by atoms with Crippen LogP contribution in [0.2, 0.25) is 0 Å². The molecule has 0 amide bonds. The zero-order chi connectivity index (χ0) is 15.0. The van der Waals surface area contributed by atoms with Crippen molar-refractivity contribution in [1.29, 1.82) is 0 Å². The van der Waals surface area contributed by atoms with Crippen molar-refractivity contribution in [3.8, 4) is 5.75 Å². The number of benzene rings is 2. The van der Waals surface area contributed by atoms with Crippen LogP contribution in [-0.2, 0) is 10.0 Å². The monoisotopic (exact) mass is 304 g/mol. The molecule has 2 aromatic carbocycles. The highest BCUT2D eigenvalue weighted by molar-refractivity contribution is 7.89. The van der Waals surface area contributed by atoms with Crippen LogP contribution in [0.25, 0.3) is 0 Å². The van der Waals surface area contributed by atoms with Gasteiger partial charge in [-0.2, -0.15) is 4.72 Å². The first-order chi connectivity index (χ1) is 9.99. The van der Waals surface area contributed by atoms with E-state index in [0.29, 0.717) is 5.69 Å². The number of hydrogen-bond acceptors (Lipinski definition) is 4. The van der Waals surface area contributed by atoms with Crippen molar-refractivity contribution in [2.75, 3.05) is 12.4 Å². The molecule has 0 fully saturated rings. The second-order valence-electron chi connectivity index (χ2n) is 4.97. The highest BCUT2D eigenvalue weighted by atomic mass is 32.2. The number of rotatable bonds is 2. The topological polar surface area (TPSA) is 67.4 Å². The van der Waals surface area contributed by atoms with E-state index in [-0.39, 0.29) is 4.90 Å². The highest BCUT2D eigenvalue weighted by Gasteiger charge is 2.29. The molecule has 21 heavy (non-hydrogen) atoms. The maximum absolute atomic E-state index is 12.4. The average Bonchev–Trinajstić information content (AvgIpc) is 2.47. The molecular formula is C15H16N2O3S. The highest BCUT2D eigenvalue weighted by Crippen LogP contribution is 2.32. The van der Waals surface area contributed by atoms with Crippen molar-refractivity contribution in [2.45, 2.75) is 18.0 Å². The number of hydrogen-bond donors (Lipinski definition) is 2. The van der Waals surface area contributed by atoms with Crippen molar-refractivity contribution in [3.05, 3.63) is 53.6 Å². The lowest BCUT2D eigenvalue weighted by atomic mass is 10.1.